The van der Waals surface area contributed by atoms with Crippen LogP contribution in [-0.4, -0.2) is 99.4 Å². The minimum absolute atomic E-state index is 0.0390. The molecule has 0 bridgehead atoms. The molecule has 0 radical (unpaired) electrons. The summed E-state index contributed by atoms with van der Waals surface area (Å²) in [6, 6.07) is 4.16. The molecule has 3 atom stereocenters. The Morgan fingerprint density at radius 2 is 1.50 bits per heavy atom. The van der Waals surface area contributed by atoms with E-state index in [1.807, 2.05) is 24.0 Å². The van der Waals surface area contributed by atoms with Crippen molar-refractivity contribution >= 4 is 23.8 Å². The number of alkyl halides is 6. The van der Waals surface area contributed by atoms with Gasteiger partial charge in [0.05, 0.1) is 11.6 Å². The summed E-state index contributed by atoms with van der Waals surface area (Å²) in [5, 5.41) is 17.0. The first-order chi connectivity index (χ1) is 17.3. The van der Waals surface area contributed by atoms with Crippen LogP contribution < -0.4 is 5.32 Å². The molecule has 10 nitrogen and oxygen atoms in total. The molecule has 38 heavy (non-hydrogen) atoms. The monoisotopic (exact) mass is 558 g/mol. The van der Waals surface area contributed by atoms with Crippen LogP contribution in [0.2, 0.25) is 0 Å². The quantitative estimate of drug-likeness (QED) is 0.481. The third kappa shape index (κ3) is 8.85. The number of carboxylic acids is 2. The van der Waals surface area contributed by atoms with E-state index in [1.165, 1.54) is 0 Å². The van der Waals surface area contributed by atoms with E-state index in [9.17, 15) is 35.9 Å². The summed E-state index contributed by atoms with van der Waals surface area (Å²) in [5.74, 6) is -5.03. The third-order valence-electron chi connectivity index (χ3n) is 5.75. The number of carbonyl (C=O) groups excluding carboxylic acids is 2. The fraction of sp³-hybridized carbons (Fsp3) is 0.591. The van der Waals surface area contributed by atoms with Gasteiger partial charge in [0.1, 0.15) is 0 Å². The number of carbonyl (C=O) groups is 4. The van der Waals surface area contributed by atoms with E-state index >= 15 is 0 Å². The molecule has 3 heterocycles. The van der Waals surface area contributed by atoms with Crippen LogP contribution >= 0.6 is 0 Å². The second kappa shape index (κ2) is 12.9. The highest BCUT2D eigenvalue weighted by atomic mass is 19.4. The van der Waals surface area contributed by atoms with Crippen molar-refractivity contribution in [1.29, 1.82) is 0 Å². The number of fused-ring (bicyclic) bond motifs is 1. The summed E-state index contributed by atoms with van der Waals surface area (Å²) in [7, 11) is 1.69. The number of carboxylic acid groups (broad SMARTS) is 2. The molecular weight excluding hydrogens is 530 g/mol. The fourth-order valence-electron chi connectivity index (χ4n) is 4.16. The van der Waals surface area contributed by atoms with Gasteiger partial charge >= 0.3 is 24.3 Å². The number of rotatable bonds is 3. The van der Waals surface area contributed by atoms with Gasteiger partial charge < -0.3 is 20.4 Å². The normalized spacial score (nSPS) is 21.0. The van der Waals surface area contributed by atoms with E-state index in [0.717, 1.165) is 12.1 Å². The number of hydrogen-bond acceptors (Lipinski definition) is 6. The smallest absolute Gasteiger partial charge is 0.475 e. The Balaban J connectivity index is 0.000000426. The molecule has 1 aromatic heterocycles. The van der Waals surface area contributed by atoms with Crippen LogP contribution in [0.15, 0.2) is 18.3 Å². The second-order valence-corrected chi connectivity index (χ2v) is 8.74. The van der Waals surface area contributed by atoms with Crippen LogP contribution in [0.1, 0.15) is 36.3 Å². The van der Waals surface area contributed by atoms with Crippen molar-refractivity contribution in [2.45, 2.75) is 57.7 Å². The number of amides is 2. The largest absolute Gasteiger partial charge is 0.490 e. The molecule has 1 aromatic rings. The van der Waals surface area contributed by atoms with E-state index in [-0.39, 0.29) is 29.9 Å². The zero-order valence-electron chi connectivity index (χ0n) is 20.8. The van der Waals surface area contributed by atoms with Crippen LogP contribution in [0.3, 0.4) is 0 Å². The van der Waals surface area contributed by atoms with Gasteiger partial charge in [-0.15, -0.1) is 0 Å². The van der Waals surface area contributed by atoms with Gasteiger partial charge in [-0.3, -0.25) is 19.5 Å². The lowest BCUT2D eigenvalue weighted by Crippen LogP contribution is -2.50. The zero-order chi connectivity index (χ0) is 29.6. The van der Waals surface area contributed by atoms with Crippen LogP contribution in [-0.2, 0) is 14.4 Å². The van der Waals surface area contributed by atoms with Crippen molar-refractivity contribution in [3.63, 3.8) is 0 Å². The number of halogens is 6. The number of likely N-dealkylation sites (N-methyl/N-ethyl adjacent to an activating group) is 1. The van der Waals surface area contributed by atoms with Gasteiger partial charge in [-0.25, -0.2) is 9.59 Å². The molecular formula is C22H28F6N4O6. The Labute approximate surface area is 213 Å². The Kier molecular flexibility index (Phi) is 11.1. The molecule has 214 valence electrons. The van der Waals surface area contributed by atoms with E-state index in [2.05, 4.69) is 29.0 Å². The standard InChI is InChI=1S/C18H26N4O2.2C2HF3O2/c1-11(2)22-15(17(23)19-4)7-14-9-21(10-16(14)22)18(24)13-6-5-12(3)20-8-13;2*3-2(4,5)1(6)7/h5-6,8,11,14-16H,7,9-10H2,1-4H3,(H,19,23);2*(H,6,7)/t14-,15-,16+;;/m1../s1. The van der Waals surface area contributed by atoms with Gasteiger partial charge in [0.2, 0.25) is 5.91 Å². The molecule has 0 unspecified atom stereocenters. The van der Waals surface area contributed by atoms with Crippen LogP contribution in [0.25, 0.3) is 0 Å². The van der Waals surface area contributed by atoms with Crippen molar-refractivity contribution in [1.82, 2.24) is 20.1 Å². The van der Waals surface area contributed by atoms with Crippen molar-refractivity contribution < 1.29 is 55.7 Å². The molecule has 2 saturated heterocycles. The topological polar surface area (TPSA) is 140 Å². The molecule has 16 heteroatoms. The molecule has 3 rings (SSSR count). The second-order valence-electron chi connectivity index (χ2n) is 8.74. The predicted molar refractivity (Wildman–Crippen MR) is 119 cm³/mol. The number of nitrogens with one attached hydrogen (secondary N) is 1. The van der Waals surface area contributed by atoms with Crippen molar-refractivity contribution in [2.75, 3.05) is 20.1 Å². The molecule has 3 N–H and O–H groups in total. The molecule has 0 saturated carbocycles. The van der Waals surface area contributed by atoms with E-state index in [4.69, 9.17) is 19.8 Å². The van der Waals surface area contributed by atoms with E-state index in [1.54, 1.807) is 13.2 Å². The number of pyridine rings is 1. The SMILES string of the molecule is CNC(=O)[C@H]1C[C@@H]2CN(C(=O)c3ccc(C)nc3)C[C@@H]2N1C(C)C.O=C(O)C(F)(F)F.O=C(O)C(F)(F)F. The molecule has 2 fully saturated rings. The van der Waals surface area contributed by atoms with E-state index in [0.29, 0.717) is 24.6 Å². The summed E-state index contributed by atoms with van der Waals surface area (Å²) >= 11 is 0. The van der Waals surface area contributed by atoms with Gasteiger partial charge in [-0.05, 0) is 45.2 Å². The highest BCUT2D eigenvalue weighted by Gasteiger charge is 2.50. The average Bonchev–Trinajstić information content (AvgIpc) is 3.36. The van der Waals surface area contributed by atoms with Gasteiger partial charge in [-0.1, -0.05) is 0 Å². The highest BCUT2D eigenvalue weighted by Crippen LogP contribution is 2.37. The number of likely N-dealkylation sites (tertiary alicyclic amines) is 2. The first kappa shape index (κ1) is 32.6. The van der Waals surface area contributed by atoms with Gasteiger partial charge in [0, 0.05) is 44.1 Å². The number of hydrogen-bond donors (Lipinski definition) is 3. The van der Waals surface area contributed by atoms with Crippen molar-refractivity contribution in [3.8, 4) is 0 Å². The Bertz CT molecular complexity index is 976. The summed E-state index contributed by atoms with van der Waals surface area (Å²) in [6.45, 7) is 7.55. The maximum absolute atomic E-state index is 12.7. The number of aliphatic carboxylic acids is 2. The Hall–Kier alpha value is -3.43. The lowest BCUT2D eigenvalue weighted by atomic mass is 10.0. The molecule has 0 spiro atoms. The van der Waals surface area contributed by atoms with Crippen LogP contribution in [0, 0.1) is 12.8 Å². The lowest BCUT2D eigenvalue weighted by Gasteiger charge is -2.33. The summed E-state index contributed by atoms with van der Waals surface area (Å²) in [5.41, 5.74) is 1.55. The van der Waals surface area contributed by atoms with Gasteiger partial charge in [-0.2, -0.15) is 26.3 Å². The summed E-state index contributed by atoms with van der Waals surface area (Å²) in [6.07, 6.45) is -7.70. The molecule has 2 aliphatic rings. The summed E-state index contributed by atoms with van der Waals surface area (Å²) in [4.78, 5) is 51.1. The first-order valence-corrected chi connectivity index (χ1v) is 11.1. The predicted octanol–water partition coefficient (Wildman–Crippen LogP) is 2.33. The molecule has 0 aliphatic carbocycles. The van der Waals surface area contributed by atoms with E-state index < -0.39 is 24.3 Å². The number of aromatic nitrogens is 1. The first-order valence-electron chi connectivity index (χ1n) is 11.1. The maximum atomic E-state index is 12.7. The third-order valence-corrected chi connectivity index (χ3v) is 5.75. The van der Waals surface area contributed by atoms with Crippen molar-refractivity contribution in [3.05, 3.63) is 29.6 Å². The Morgan fingerprint density at radius 1 is 1.00 bits per heavy atom. The van der Waals surface area contributed by atoms with Gasteiger partial charge in [0.25, 0.3) is 5.91 Å². The minimum Gasteiger partial charge on any atom is -0.475 e. The highest BCUT2D eigenvalue weighted by molar-refractivity contribution is 5.94. The Morgan fingerprint density at radius 3 is 1.87 bits per heavy atom. The van der Waals surface area contributed by atoms with Gasteiger partial charge in [0.15, 0.2) is 0 Å². The zero-order valence-corrected chi connectivity index (χ0v) is 20.8. The average molecular weight is 558 g/mol. The maximum Gasteiger partial charge on any atom is 0.490 e. The molecule has 2 amide bonds. The minimum atomic E-state index is -5.08. The van der Waals surface area contributed by atoms with Crippen LogP contribution in [0.5, 0.6) is 0 Å². The number of aryl methyl sites for hydroxylation is 1. The lowest BCUT2D eigenvalue weighted by molar-refractivity contribution is -0.193. The number of nitrogens with zero attached hydrogens (tertiary/aromatic N) is 3. The fourth-order valence-corrected chi connectivity index (χ4v) is 4.16. The van der Waals surface area contributed by atoms with Crippen molar-refractivity contribution in [2.24, 2.45) is 5.92 Å². The molecule has 0 aromatic carbocycles. The molecule has 2 aliphatic heterocycles. The summed E-state index contributed by atoms with van der Waals surface area (Å²) < 4.78 is 63.5. The van der Waals surface area contributed by atoms with Crippen LogP contribution in [0.4, 0.5) is 26.3 Å².